The van der Waals surface area contributed by atoms with Crippen LogP contribution >= 0.6 is 23.2 Å². The number of nitrogens with one attached hydrogen (secondary N) is 1. The van der Waals surface area contributed by atoms with E-state index in [0.29, 0.717) is 33.6 Å². The van der Waals surface area contributed by atoms with Crippen LogP contribution in [0.25, 0.3) is 11.0 Å². The summed E-state index contributed by atoms with van der Waals surface area (Å²) in [5.41, 5.74) is 1.26. The molecule has 0 bridgehead atoms. The normalized spacial score (nSPS) is 27.5. The van der Waals surface area contributed by atoms with Crippen LogP contribution in [0.15, 0.2) is 24.8 Å². The molecule has 0 amide bonds. The van der Waals surface area contributed by atoms with Crippen LogP contribution < -0.4 is 5.32 Å². The first kappa shape index (κ1) is 16.5. The van der Waals surface area contributed by atoms with Crippen molar-refractivity contribution < 1.29 is 14.9 Å². The van der Waals surface area contributed by atoms with Crippen LogP contribution in [-0.2, 0) is 4.74 Å². The van der Waals surface area contributed by atoms with E-state index in [1.165, 1.54) is 0 Å². The van der Waals surface area contributed by atoms with Crippen molar-refractivity contribution in [3.63, 3.8) is 0 Å². The Hall–Kier alpha value is -1.31. The van der Waals surface area contributed by atoms with Crippen molar-refractivity contribution in [3.05, 3.63) is 34.8 Å². The summed E-state index contributed by atoms with van der Waals surface area (Å²) < 4.78 is 7.39. The number of anilines is 1. The average Bonchev–Trinajstić information content (AvgIpc) is 2.97. The average molecular weight is 358 g/mol. The summed E-state index contributed by atoms with van der Waals surface area (Å²) in [6.45, 7) is 5.84. The molecule has 0 saturated carbocycles. The summed E-state index contributed by atoms with van der Waals surface area (Å²) in [4.78, 5) is 4.47. The number of ether oxygens (including phenoxy) is 1. The second-order valence-corrected chi connectivity index (χ2v) is 6.26. The quantitative estimate of drug-likeness (QED) is 0.732. The van der Waals surface area contributed by atoms with E-state index in [2.05, 4.69) is 16.9 Å². The van der Waals surface area contributed by atoms with Crippen LogP contribution in [0.4, 0.5) is 5.95 Å². The van der Waals surface area contributed by atoms with Gasteiger partial charge in [0.1, 0.15) is 12.2 Å². The van der Waals surface area contributed by atoms with Gasteiger partial charge in [-0.25, -0.2) is 4.98 Å². The van der Waals surface area contributed by atoms with E-state index in [1.54, 1.807) is 29.7 Å². The minimum absolute atomic E-state index is 0.372. The van der Waals surface area contributed by atoms with Gasteiger partial charge in [0, 0.05) is 6.54 Å². The molecule has 8 heteroatoms. The first-order chi connectivity index (χ1) is 10.9. The molecule has 4 atom stereocenters. The van der Waals surface area contributed by atoms with Crippen LogP contribution in [0, 0.1) is 0 Å². The summed E-state index contributed by atoms with van der Waals surface area (Å²) in [7, 11) is 0. The van der Waals surface area contributed by atoms with Gasteiger partial charge in [0.25, 0.3) is 0 Å². The number of hydrogen-bond donors (Lipinski definition) is 3. The first-order valence-electron chi connectivity index (χ1n) is 7.17. The van der Waals surface area contributed by atoms with Crippen LogP contribution in [0.2, 0.25) is 10.0 Å². The topological polar surface area (TPSA) is 79.5 Å². The summed E-state index contributed by atoms with van der Waals surface area (Å²) >= 11 is 12.2. The Morgan fingerprint density at radius 1 is 1.35 bits per heavy atom. The smallest absolute Gasteiger partial charge is 0.206 e. The maximum absolute atomic E-state index is 10.3. The molecule has 124 valence electrons. The maximum atomic E-state index is 10.3. The Bertz CT molecular complexity index is 749. The number of halogens is 2. The number of benzene rings is 1. The van der Waals surface area contributed by atoms with E-state index in [0.717, 1.165) is 0 Å². The molecule has 1 aliphatic rings. The molecule has 2 heterocycles. The molecule has 23 heavy (non-hydrogen) atoms. The van der Waals surface area contributed by atoms with E-state index in [1.807, 2.05) is 0 Å². The molecular formula is C15H17Cl2N3O3. The Morgan fingerprint density at radius 3 is 2.65 bits per heavy atom. The van der Waals surface area contributed by atoms with Crippen LogP contribution in [0.3, 0.4) is 0 Å². The third kappa shape index (κ3) is 2.81. The fraction of sp³-hybridized carbons (Fsp3) is 0.400. The molecule has 1 aliphatic heterocycles. The molecule has 0 unspecified atom stereocenters. The minimum Gasteiger partial charge on any atom is -0.388 e. The second kappa shape index (κ2) is 6.30. The van der Waals surface area contributed by atoms with E-state index >= 15 is 0 Å². The van der Waals surface area contributed by atoms with Gasteiger partial charge in [-0.05, 0) is 19.1 Å². The van der Waals surface area contributed by atoms with Crippen LogP contribution in [0.5, 0.6) is 0 Å². The highest BCUT2D eigenvalue weighted by Crippen LogP contribution is 2.37. The van der Waals surface area contributed by atoms with E-state index in [-0.39, 0.29) is 0 Å². The highest BCUT2D eigenvalue weighted by molar-refractivity contribution is 6.42. The molecule has 1 aromatic carbocycles. The predicted octanol–water partition coefficient (Wildman–Crippen LogP) is 2.58. The Balaban J connectivity index is 2.15. The van der Waals surface area contributed by atoms with Gasteiger partial charge in [-0.2, -0.15) is 0 Å². The molecule has 1 saturated heterocycles. The number of aliphatic hydroxyl groups excluding tert-OH is 2. The van der Waals surface area contributed by atoms with Crippen molar-refractivity contribution in [2.75, 3.05) is 11.9 Å². The van der Waals surface area contributed by atoms with Gasteiger partial charge >= 0.3 is 0 Å². The highest BCUT2D eigenvalue weighted by atomic mass is 35.5. The molecule has 3 rings (SSSR count). The summed E-state index contributed by atoms with van der Waals surface area (Å²) in [6.07, 6.45) is -1.65. The lowest BCUT2D eigenvalue weighted by atomic mass is 10.1. The molecule has 0 radical (unpaired) electrons. The number of aliphatic hydroxyl groups is 2. The fourth-order valence-electron chi connectivity index (χ4n) is 2.68. The predicted molar refractivity (Wildman–Crippen MR) is 90.0 cm³/mol. The molecule has 2 aromatic rings. The zero-order chi connectivity index (χ0) is 16.7. The van der Waals surface area contributed by atoms with Gasteiger partial charge in [-0.3, -0.25) is 4.57 Å². The Labute approximate surface area is 143 Å². The molecule has 0 aliphatic carbocycles. The number of imidazole rings is 1. The third-order valence-electron chi connectivity index (χ3n) is 3.87. The number of rotatable bonds is 4. The molecular weight excluding hydrogens is 341 g/mol. The van der Waals surface area contributed by atoms with Gasteiger partial charge in [-0.15, -0.1) is 6.58 Å². The van der Waals surface area contributed by atoms with Gasteiger partial charge < -0.3 is 20.3 Å². The molecule has 3 N–H and O–H groups in total. The van der Waals surface area contributed by atoms with Crippen molar-refractivity contribution in [2.24, 2.45) is 0 Å². The lowest BCUT2D eigenvalue weighted by molar-refractivity contribution is -0.0283. The Morgan fingerprint density at radius 2 is 2.04 bits per heavy atom. The SMILES string of the molecule is C=CCNc1nc2cc(Cl)c(Cl)cc2n1[C@@H]1O[C@H](C)[C@@H](O)[C@H]1O. The van der Waals surface area contributed by atoms with Crippen molar-refractivity contribution in [3.8, 4) is 0 Å². The third-order valence-corrected chi connectivity index (χ3v) is 4.59. The monoisotopic (exact) mass is 357 g/mol. The zero-order valence-corrected chi connectivity index (χ0v) is 13.9. The lowest BCUT2D eigenvalue weighted by Crippen LogP contribution is -2.30. The number of aromatic nitrogens is 2. The van der Waals surface area contributed by atoms with Gasteiger partial charge in [0.05, 0.1) is 27.2 Å². The van der Waals surface area contributed by atoms with Gasteiger partial charge in [0.15, 0.2) is 6.23 Å². The molecule has 1 aromatic heterocycles. The summed E-state index contributed by atoms with van der Waals surface area (Å²) in [5.74, 6) is 0.476. The van der Waals surface area contributed by atoms with Gasteiger partial charge in [-0.1, -0.05) is 29.3 Å². The number of nitrogens with zero attached hydrogens (tertiary/aromatic N) is 2. The summed E-state index contributed by atoms with van der Waals surface area (Å²) in [5, 5.41) is 24.1. The second-order valence-electron chi connectivity index (χ2n) is 5.44. The minimum atomic E-state index is -1.08. The zero-order valence-electron chi connectivity index (χ0n) is 12.4. The van der Waals surface area contributed by atoms with E-state index < -0.39 is 24.5 Å². The van der Waals surface area contributed by atoms with Crippen molar-refractivity contribution in [1.29, 1.82) is 0 Å². The van der Waals surface area contributed by atoms with Crippen molar-refractivity contribution in [1.82, 2.24) is 9.55 Å². The fourth-order valence-corrected chi connectivity index (χ4v) is 2.99. The largest absolute Gasteiger partial charge is 0.388 e. The van der Waals surface area contributed by atoms with E-state index in [9.17, 15) is 10.2 Å². The molecule has 1 fully saturated rings. The van der Waals surface area contributed by atoms with Crippen LogP contribution in [-0.4, -0.2) is 44.6 Å². The van der Waals surface area contributed by atoms with Gasteiger partial charge in [0.2, 0.25) is 5.95 Å². The Kier molecular flexibility index (Phi) is 4.53. The van der Waals surface area contributed by atoms with Crippen LogP contribution in [0.1, 0.15) is 13.2 Å². The van der Waals surface area contributed by atoms with E-state index in [4.69, 9.17) is 27.9 Å². The lowest BCUT2D eigenvalue weighted by Gasteiger charge is -2.20. The standard InChI is InChI=1S/C15H17Cl2N3O3/c1-3-4-18-15-19-10-5-8(16)9(17)6-11(10)20(15)14-13(22)12(21)7(2)23-14/h3,5-7,12-14,21-22H,1,4H2,2H3,(H,18,19)/t7-,12-,13-,14-/m1/s1. The molecule has 0 spiro atoms. The number of fused-ring (bicyclic) bond motifs is 1. The van der Waals surface area contributed by atoms with Crippen molar-refractivity contribution >= 4 is 40.2 Å². The number of hydrogen-bond acceptors (Lipinski definition) is 5. The highest BCUT2D eigenvalue weighted by Gasteiger charge is 2.42. The van der Waals surface area contributed by atoms with Crippen molar-refractivity contribution in [2.45, 2.75) is 31.5 Å². The molecule has 6 nitrogen and oxygen atoms in total. The maximum Gasteiger partial charge on any atom is 0.206 e. The first-order valence-corrected chi connectivity index (χ1v) is 7.93. The summed E-state index contributed by atoms with van der Waals surface area (Å²) in [6, 6.07) is 3.31.